The van der Waals surface area contributed by atoms with Crippen LogP contribution < -0.4 is 4.72 Å². The number of imidazole rings is 1. The van der Waals surface area contributed by atoms with Gasteiger partial charge in [-0.25, -0.2) is 28.1 Å². The zero-order valence-corrected chi connectivity index (χ0v) is 18.1. The maximum Gasteiger partial charge on any atom is 0.208 e. The average molecular weight is 426 g/mol. The average Bonchev–Trinajstić information content (AvgIpc) is 3.35. The molecule has 0 radical (unpaired) electrons. The zero-order chi connectivity index (χ0) is 21.2. The Morgan fingerprint density at radius 1 is 1.17 bits per heavy atom. The summed E-state index contributed by atoms with van der Waals surface area (Å²) in [5.74, 6) is 1.73. The molecule has 0 aliphatic heterocycles. The molecule has 7 nitrogen and oxygen atoms in total. The van der Waals surface area contributed by atoms with Crippen molar-refractivity contribution in [2.45, 2.75) is 50.6 Å². The molecule has 30 heavy (non-hydrogen) atoms. The van der Waals surface area contributed by atoms with Crippen molar-refractivity contribution < 1.29 is 8.42 Å². The Balaban J connectivity index is 1.68. The number of benzene rings is 1. The number of aromatic nitrogens is 4. The second-order valence-corrected chi connectivity index (χ2v) is 9.88. The maximum absolute atomic E-state index is 11.8. The summed E-state index contributed by atoms with van der Waals surface area (Å²) in [6, 6.07) is 10.0. The molecule has 0 spiro atoms. The first-order valence-electron chi connectivity index (χ1n) is 10.2. The highest BCUT2D eigenvalue weighted by Gasteiger charge is 2.44. The van der Waals surface area contributed by atoms with Crippen molar-refractivity contribution in [1.82, 2.24) is 24.2 Å². The molecule has 8 heteroatoms. The predicted molar refractivity (Wildman–Crippen MR) is 116 cm³/mol. The Bertz CT molecular complexity index is 1110. The van der Waals surface area contributed by atoms with Gasteiger partial charge in [-0.3, -0.25) is 0 Å². The van der Waals surface area contributed by atoms with Crippen molar-refractivity contribution in [2.24, 2.45) is 0 Å². The molecule has 2 atom stereocenters. The molecule has 0 saturated heterocycles. The molecular weight excluding hydrogens is 398 g/mol. The summed E-state index contributed by atoms with van der Waals surface area (Å²) in [5.41, 5.74) is 1.93. The fourth-order valence-electron chi connectivity index (χ4n) is 4.66. The summed E-state index contributed by atoms with van der Waals surface area (Å²) in [7, 11) is -3.25. The van der Waals surface area contributed by atoms with Gasteiger partial charge in [-0.15, -0.1) is 0 Å². The van der Waals surface area contributed by atoms with Crippen LogP contribution in [0.1, 0.15) is 37.6 Å². The van der Waals surface area contributed by atoms with Crippen LogP contribution in [-0.4, -0.2) is 40.2 Å². The lowest BCUT2D eigenvalue weighted by Crippen LogP contribution is -2.36. The van der Waals surface area contributed by atoms with Crippen LogP contribution in [-0.2, 0) is 28.4 Å². The first-order valence-corrected chi connectivity index (χ1v) is 12.1. The molecule has 0 bridgehead atoms. The minimum atomic E-state index is -3.25. The molecule has 3 aromatic rings. The Labute approximate surface area is 177 Å². The lowest BCUT2D eigenvalue weighted by Gasteiger charge is -2.30. The quantitative estimate of drug-likeness (QED) is 0.629. The summed E-state index contributed by atoms with van der Waals surface area (Å²) in [6.45, 7) is 2.94. The van der Waals surface area contributed by atoms with E-state index in [1.54, 1.807) is 18.5 Å². The molecule has 4 rings (SSSR count). The van der Waals surface area contributed by atoms with Gasteiger partial charge in [0.05, 0.1) is 6.26 Å². The topological polar surface area (TPSA) is 89.8 Å². The van der Waals surface area contributed by atoms with Crippen LogP contribution in [0.3, 0.4) is 0 Å². The molecule has 1 saturated carbocycles. The van der Waals surface area contributed by atoms with Crippen LogP contribution in [0.5, 0.6) is 0 Å². The van der Waals surface area contributed by atoms with Crippen LogP contribution in [0.2, 0.25) is 0 Å². The van der Waals surface area contributed by atoms with Crippen molar-refractivity contribution in [3.8, 4) is 11.4 Å². The SMILES string of the molecule is CCn1ccnc1[C@@]1(Cc2cccc(-c3ncccn3)c2)CC[C@H](NS(C)(=O)=O)C1. The lowest BCUT2D eigenvalue weighted by atomic mass is 9.78. The van der Waals surface area contributed by atoms with Crippen LogP contribution in [0.25, 0.3) is 11.4 Å². The van der Waals surface area contributed by atoms with E-state index in [1.807, 2.05) is 24.5 Å². The Hall–Kier alpha value is -2.58. The third kappa shape index (κ3) is 4.44. The van der Waals surface area contributed by atoms with E-state index < -0.39 is 10.0 Å². The molecule has 1 aliphatic carbocycles. The fraction of sp³-hybridized carbons (Fsp3) is 0.409. The van der Waals surface area contributed by atoms with Crippen molar-refractivity contribution in [1.29, 1.82) is 0 Å². The van der Waals surface area contributed by atoms with Gasteiger partial charge in [0.1, 0.15) is 5.82 Å². The number of hydrogen-bond donors (Lipinski definition) is 1. The third-order valence-electron chi connectivity index (χ3n) is 5.81. The van der Waals surface area contributed by atoms with E-state index in [2.05, 4.69) is 38.3 Å². The van der Waals surface area contributed by atoms with E-state index in [4.69, 9.17) is 4.98 Å². The van der Waals surface area contributed by atoms with E-state index in [0.29, 0.717) is 5.82 Å². The predicted octanol–water partition coefficient (Wildman–Crippen LogP) is 2.94. The van der Waals surface area contributed by atoms with Gasteiger partial charge in [-0.05, 0) is 50.3 Å². The molecule has 2 aromatic heterocycles. The monoisotopic (exact) mass is 425 g/mol. The van der Waals surface area contributed by atoms with E-state index in [-0.39, 0.29) is 11.5 Å². The van der Waals surface area contributed by atoms with Gasteiger partial charge in [-0.2, -0.15) is 0 Å². The summed E-state index contributed by atoms with van der Waals surface area (Å²) < 4.78 is 28.6. The summed E-state index contributed by atoms with van der Waals surface area (Å²) in [5, 5.41) is 0. The maximum atomic E-state index is 11.8. The molecule has 1 fully saturated rings. The number of nitrogens with zero attached hydrogens (tertiary/aromatic N) is 4. The van der Waals surface area contributed by atoms with Crippen LogP contribution in [0, 0.1) is 0 Å². The highest BCUT2D eigenvalue weighted by Crippen LogP contribution is 2.43. The van der Waals surface area contributed by atoms with Gasteiger partial charge < -0.3 is 4.57 Å². The normalized spacial score (nSPS) is 21.7. The number of nitrogens with one attached hydrogen (secondary N) is 1. The van der Waals surface area contributed by atoms with Gasteiger partial charge in [0.15, 0.2) is 5.82 Å². The second kappa shape index (κ2) is 8.28. The summed E-state index contributed by atoms with van der Waals surface area (Å²) in [6.07, 6.45) is 11.7. The standard InChI is InChI=1S/C22H27N5O2S/c1-3-27-13-12-25-21(27)22(9-8-19(16-22)26-30(2,28)29)15-17-6-4-7-18(14-17)20-23-10-5-11-24-20/h4-7,10-14,19,26H,3,8-9,15-16H2,1-2H3/t19-,22+/m0/s1. The first-order chi connectivity index (χ1) is 14.4. The Kier molecular flexibility index (Phi) is 5.71. The van der Waals surface area contributed by atoms with Crippen molar-refractivity contribution in [3.05, 3.63) is 66.5 Å². The third-order valence-corrected chi connectivity index (χ3v) is 6.57. The van der Waals surface area contributed by atoms with Crippen LogP contribution >= 0.6 is 0 Å². The largest absolute Gasteiger partial charge is 0.335 e. The zero-order valence-electron chi connectivity index (χ0n) is 17.3. The number of hydrogen-bond acceptors (Lipinski definition) is 5. The lowest BCUT2D eigenvalue weighted by molar-refractivity contribution is 0.383. The number of aryl methyl sites for hydroxylation is 1. The Morgan fingerprint density at radius 2 is 1.97 bits per heavy atom. The molecule has 1 aliphatic rings. The minimum Gasteiger partial charge on any atom is -0.335 e. The molecule has 1 N–H and O–H groups in total. The summed E-state index contributed by atoms with van der Waals surface area (Å²) in [4.78, 5) is 13.4. The molecule has 1 aromatic carbocycles. The van der Waals surface area contributed by atoms with Gasteiger partial charge in [0.25, 0.3) is 0 Å². The smallest absolute Gasteiger partial charge is 0.208 e. The second-order valence-electron chi connectivity index (χ2n) is 8.10. The van der Waals surface area contributed by atoms with Crippen LogP contribution in [0.4, 0.5) is 0 Å². The minimum absolute atomic E-state index is 0.0809. The molecule has 158 valence electrons. The molecule has 0 unspecified atom stereocenters. The van der Waals surface area contributed by atoms with E-state index in [0.717, 1.165) is 43.6 Å². The van der Waals surface area contributed by atoms with Crippen molar-refractivity contribution in [3.63, 3.8) is 0 Å². The highest BCUT2D eigenvalue weighted by molar-refractivity contribution is 7.88. The number of sulfonamides is 1. The molecule has 2 heterocycles. The van der Waals surface area contributed by atoms with E-state index >= 15 is 0 Å². The fourth-order valence-corrected chi connectivity index (χ4v) is 5.46. The van der Waals surface area contributed by atoms with E-state index in [9.17, 15) is 8.42 Å². The van der Waals surface area contributed by atoms with Gasteiger partial charge in [0, 0.05) is 48.4 Å². The van der Waals surface area contributed by atoms with Gasteiger partial charge in [0.2, 0.25) is 10.0 Å². The van der Waals surface area contributed by atoms with E-state index in [1.165, 1.54) is 11.8 Å². The Morgan fingerprint density at radius 3 is 2.70 bits per heavy atom. The first kappa shape index (κ1) is 20.7. The molecular formula is C22H27N5O2S. The van der Waals surface area contributed by atoms with Crippen LogP contribution in [0.15, 0.2) is 55.1 Å². The summed E-state index contributed by atoms with van der Waals surface area (Å²) >= 11 is 0. The number of rotatable bonds is 7. The van der Waals surface area contributed by atoms with Crippen molar-refractivity contribution in [2.75, 3.05) is 6.26 Å². The molecule has 0 amide bonds. The van der Waals surface area contributed by atoms with Gasteiger partial charge in [-0.1, -0.05) is 18.2 Å². The van der Waals surface area contributed by atoms with Crippen molar-refractivity contribution >= 4 is 10.0 Å². The van der Waals surface area contributed by atoms with Gasteiger partial charge >= 0.3 is 0 Å². The highest BCUT2D eigenvalue weighted by atomic mass is 32.2.